The summed E-state index contributed by atoms with van der Waals surface area (Å²) in [6.07, 6.45) is -0.794. The molecule has 1 aromatic carbocycles. The smallest absolute Gasteiger partial charge is 0.326 e. The second-order valence-corrected chi connectivity index (χ2v) is 4.89. The van der Waals surface area contributed by atoms with E-state index >= 15 is 0 Å². The van der Waals surface area contributed by atoms with E-state index < -0.39 is 24.1 Å². The van der Waals surface area contributed by atoms with Crippen molar-refractivity contribution in [2.24, 2.45) is 0 Å². The Hall–Kier alpha value is -2.48. The molecule has 112 valence electrons. The van der Waals surface area contributed by atoms with Crippen LogP contribution < -0.4 is 14.8 Å². The number of β-amino-alcohol motifs (C(OH)–C–C–N with tert-alkyl or cyclic N) is 1. The number of carboxylic acid groups (broad SMARTS) is 1. The number of rotatable bonds is 2. The normalized spacial score (nSPS) is 23.2. The van der Waals surface area contributed by atoms with E-state index in [-0.39, 0.29) is 19.8 Å². The number of aliphatic carboxylic acids is 1. The van der Waals surface area contributed by atoms with Crippen molar-refractivity contribution >= 4 is 17.7 Å². The number of amides is 2. The van der Waals surface area contributed by atoms with Crippen LogP contribution in [0.1, 0.15) is 6.42 Å². The van der Waals surface area contributed by atoms with Gasteiger partial charge in [-0.3, -0.25) is 0 Å². The standard InChI is InChI=1S/C13H14N2O6/c16-8-4-9(12(17)18)15(5-8)13(19)14-7-1-2-10-11(3-7)21-6-20-10/h1-3,8-9,16H,4-6H2,(H,14,19)(H,17,18)/t8-,9-/m1/s1. The van der Waals surface area contributed by atoms with Gasteiger partial charge in [0.15, 0.2) is 11.5 Å². The van der Waals surface area contributed by atoms with E-state index in [0.717, 1.165) is 4.90 Å². The minimum atomic E-state index is -1.13. The Balaban J connectivity index is 1.72. The van der Waals surface area contributed by atoms with E-state index in [9.17, 15) is 14.7 Å². The number of nitrogens with zero attached hydrogens (tertiary/aromatic N) is 1. The van der Waals surface area contributed by atoms with Crippen LogP contribution >= 0.6 is 0 Å². The molecule has 0 radical (unpaired) electrons. The fraction of sp³-hybridized carbons (Fsp3) is 0.385. The van der Waals surface area contributed by atoms with Gasteiger partial charge in [-0.1, -0.05) is 0 Å². The molecule has 0 saturated carbocycles. The quantitative estimate of drug-likeness (QED) is 0.731. The van der Waals surface area contributed by atoms with Crippen molar-refractivity contribution in [2.45, 2.75) is 18.6 Å². The van der Waals surface area contributed by atoms with Crippen molar-refractivity contribution in [2.75, 3.05) is 18.7 Å². The van der Waals surface area contributed by atoms with Crippen LogP contribution in [0.5, 0.6) is 11.5 Å². The molecule has 1 aromatic rings. The van der Waals surface area contributed by atoms with Gasteiger partial charge in [0.1, 0.15) is 6.04 Å². The van der Waals surface area contributed by atoms with E-state index in [4.69, 9.17) is 14.6 Å². The van der Waals surface area contributed by atoms with Crippen LogP contribution in [0.2, 0.25) is 0 Å². The molecule has 8 nitrogen and oxygen atoms in total. The average Bonchev–Trinajstić information content (AvgIpc) is 3.04. The Morgan fingerprint density at radius 1 is 1.29 bits per heavy atom. The van der Waals surface area contributed by atoms with E-state index in [1.54, 1.807) is 18.2 Å². The summed E-state index contributed by atoms with van der Waals surface area (Å²) in [4.78, 5) is 24.4. The number of urea groups is 1. The van der Waals surface area contributed by atoms with Crippen molar-refractivity contribution in [1.29, 1.82) is 0 Å². The first-order chi connectivity index (χ1) is 10.0. The number of hydrogen-bond acceptors (Lipinski definition) is 5. The number of hydrogen-bond donors (Lipinski definition) is 3. The summed E-state index contributed by atoms with van der Waals surface area (Å²) >= 11 is 0. The second-order valence-electron chi connectivity index (χ2n) is 4.89. The van der Waals surface area contributed by atoms with Gasteiger partial charge in [-0.15, -0.1) is 0 Å². The van der Waals surface area contributed by atoms with Gasteiger partial charge in [0.2, 0.25) is 6.79 Å². The molecule has 2 amide bonds. The van der Waals surface area contributed by atoms with E-state index in [1.807, 2.05) is 0 Å². The summed E-state index contributed by atoms with van der Waals surface area (Å²) in [5.41, 5.74) is 0.467. The molecule has 1 fully saturated rings. The molecule has 2 heterocycles. The monoisotopic (exact) mass is 294 g/mol. The van der Waals surface area contributed by atoms with Gasteiger partial charge in [-0.05, 0) is 12.1 Å². The highest BCUT2D eigenvalue weighted by atomic mass is 16.7. The highest BCUT2D eigenvalue weighted by Gasteiger charge is 2.39. The molecule has 0 spiro atoms. The number of benzene rings is 1. The molecular weight excluding hydrogens is 280 g/mol. The summed E-state index contributed by atoms with van der Waals surface area (Å²) < 4.78 is 10.4. The Morgan fingerprint density at radius 3 is 2.81 bits per heavy atom. The summed E-state index contributed by atoms with van der Waals surface area (Å²) in [6, 6.07) is 3.30. The maximum absolute atomic E-state index is 12.1. The van der Waals surface area contributed by atoms with E-state index in [0.29, 0.717) is 17.2 Å². The van der Waals surface area contributed by atoms with Crippen LogP contribution in [0.25, 0.3) is 0 Å². The highest BCUT2D eigenvalue weighted by molar-refractivity contribution is 5.93. The molecule has 0 aliphatic carbocycles. The lowest BCUT2D eigenvalue weighted by atomic mass is 10.2. The number of ether oxygens (including phenoxy) is 2. The largest absolute Gasteiger partial charge is 0.480 e. The minimum Gasteiger partial charge on any atom is -0.480 e. The Morgan fingerprint density at radius 2 is 2.05 bits per heavy atom. The van der Waals surface area contributed by atoms with Crippen molar-refractivity contribution in [3.05, 3.63) is 18.2 Å². The van der Waals surface area contributed by atoms with Gasteiger partial charge in [0, 0.05) is 24.7 Å². The van der Waals surface area contributed by atoms with Gasteiger partial charge in [-0.25, -0.2) is 9.59 Å². The maximum Gasteiger partial charge on any atom is 0.326 e. The Kier molecular flexibility index (Phi) is 3.30. The van der Waals surface area contributed by atoms with Crippen molar-refractivity contribution < 1.29 is 29.3 Å². The van der Waals surface area contributed by atoms with Gasteiger partial charge in [0.25, 0.3) is 0 Å². The molecular formula is C13H14N2O6. The summed E-state index contributed by atoms with van der Waals surface area (Å²) in [5, 5.41) is 21.2. The zero-order valence-corrected chi connectivity index (χ0v) is 11.0. The van der Waals surface area contributed by atoms with Crippen molar-refractivity contribution in [1.82, 2.24) is 4.90 Å². The second kappa shape index (κ2) is 5.13. The molecule has 3 rings (SSSR count). The molecule has 1 saturated heterocycles. The summed E-state index contributed by atoms with van der Waals surface area (Å²) in [7, 11) is 0. The third-order valence-corrected chi connectivity index (χ3v) is 3.45. The van der Waals surface area contributed by atoms with Gasteiger partial charge in [-0.2, -0.15) is 0 Å². The molecule has 0 unspecified atom stereocenters. The van der Waals surface area contributed by atoms with Gasteiger partial charge in [0.05, 0.1) is 6.10 Å². The summed E-state index contributed by atoms with van der Waals surface area (Å²) in [6.45, 7) is 0.124. The first-order valence-corrected chi connectivity index (χ1v) is 6.43. The fourth-order valence-electron chi connectivity index (χ4n) is 2.44. The van der Waals surface area contributed by atoms with Crippen molar-refractivity contribution in [3.63, 3.8) is 0 Å². The third-order valence-electron chi connectivity index (χ3n) is 3.45. The minimum absolute atomic E-state index is 0.00660. The third kappa shape index (κ3) is 2.57. The molecule has 3 N–H and O–H groups in total. The molecule has 2 aliphatic heterocycles. The molecule has 2 aliphatic rings. The Bertz CT molecular complexity index is 590. The SMILES string of the molecule is O=C(O)[C@H]1C[C@@H](O)CN1C(=O)Nc1ccc2c(c1)OCO2. The predicted molar refractivity (Wildman–Crippen MR) is 70.3 cm³/mol. The first kappa shape index (κ1) is 13.5. The van der Waals surface area contributed by atoms with Crippen LogP contribution in [0, 0.1) is 0 Å². The number of carbonyl (C=O) groups is 2. The zero-order chi connectivity index (χ0) is 15.0. The van der Waals surface area contributed by atoms with E-state index in [2.05, 4.69) is 5.32 Å². The number of anilines is 1. The molecule has 2 atom stereocenters. The molecule has 21 heavy (non-hydrogen) atoms. The van der Waals surface area contributed by atoms with Crippen LogP contribution in [0.3, 0.4) is 0 Å². The average molecular weight is 294 g/mol. The highest BCUT2D eigenvalue weighted by Crippen LogP contribution is 2.34. The number of fused-ring (bicyclic) bond motifs is 1. The lowest BCUT2D eigenvalue weighted by Gasteiger charge is -2.21. The lowest BCUT2D eigenvalue weighted by molar-refractivity contribution is -0.141. The van der Waals surface area contributed by atoms with Crippen LogP contribution in [-0.2, 0) is 4.79 Å². The van der Waals surface area contributed by atoms with Crippen molar-refractivity contribution in [3.8, 4) is 11.5 Å². The number of aliphatic hydroxyl groups excluding tert-OH is 1. The van der Waals surface area contributed by atoms with Crippen LogP contribution in [-0.4, -0.2) is 52.6 Å². The maximum atomic E-state index is 12.1. The molecule has 8 heteroatoms. The number of carboxylic acids is 1. The summed E-state index contributed by atoms with van der Waals surface area (Å²) in [5.74, 6) is -0.0237. The van der Waals surface area contributed by atoms with E-state index in [1.165, 1.54) is 0 Å². The number of likely N-dealkylation sites (tertiary alicyclic amines) is 1. The predicted octanol–water partition coefficient (Wildman–Crippen LogP) is 0.467. The van der Waals surface area contributed by atoms with Gasteiger partial charge >= 0.3 is 12.0 Å². The number of carbonyl (C=O) groups excluding carboxylic acids is 1. The zero-order valence-electron chi connectivity index (χ0n) is 11.0. The lowest BCUT2D eigenvalue weighted by Crippen LogP contribution is -2.43. The topological polar surface area (TPSA) is 108 Å². The van der Waals surface area contributed by atoms with Crippen LogP contribution in [0.4, 0.5) is 10.5 Å². The first-order valence-electron chi connectivity index (χ1n) is 6.43. The van der Waals surface area contributed by atoms with Crippen LogP contribution in [0.15, 0.2) is 18.2 Å². The Labute approximate surface area is 119 Å². The fourth-order valence-corrected chi connectivity index (χ4v) is 2.44. The number of aliphatic hydroxyl groups is 1. The van der Waals surface area contributed by atoms with Gasteiger partial charge < -0.3 is 29.9 Å². The molecule has 0 bridgehead atoms. The molecule has 0 aromatic heterocycles. The number of nitrogens with one attached hydrogen (secondary N) is 1.